The fourth-order valence-corrected chi connectivity index (χ4v) is 1.28. The van der Waals surface area contributed by atoms with Crippen molar-refractivity contribution < 1.29 is 9.53 Å². The summed E-state index contributed by atoms with van der Waals surface area (Å²) < 4.78 is 4.95. The fourth-order valence-electron chi connectivity index (χ4n) is 1.28. The van der Waals surface area contributed by atoms with E-state index in [9.17, 15) is 4.79 Å². The van der Waals surface area contributed by atoms with Crippen molar-refractivity contribution in [1.82, 2.24) is 15.3 Å². The molecule has 100 valence electrons. The summed E-state index contributed by atoms with van der Waals surface area (Å²) in [6, 6.07) is 0. The van der Waals surface area contributed by atoms with Gasteiger partial charge in [0.2, 0.25) is 11.9 Å². The lowest BCUT2D eigenvalue weighted by atomic mass is 10.1. The number of rotatable bonds is 5. The highest BCUT2D eigenvalue weighted by Crippen LogP contribution is 2.07. The highest BCUT2D eigenvalue weighted by Gasteiger charge is 2.12. The van der Waals surface area contributed by atoms with Gasteiger partial charge in [-0.25, -0.2) is 9.97 Å². The SMILES string of the molecule is COc1cnc(NCCC(=O)NC(C)(C)C)nc1. The van der Waals surface area contributed by atoms with Crippen molar-refractivity contribution in [2.75, 3.05) is 19.0 Å². The van der Waals surface area contributed by atoms with Crippen molar-refractivity contribution in [3.63, 3.8) is 0 Å². The van der Waals surface area contributed by atoms with E-state index < -0.39 is 0 Å². The Morgan fingerprint density at radius 1 is 1.33 bits per heavy atom. The third-order valence-electron chi connectivity index (χ3n) is 2.01. The Balaban J connectivity index is 2.30. The number of amides is 1. The maximum Gasteiger partial charge on any atom is 0.222 e. The first-order chi connectivity index (χ1) is 8.40. The molecular weight excluding hydrogens is 232 g/mol. The average molecular weight is 252 g/mol. The third-order valence-corrected chi connectivity index (χ3v) is 2.01. The van der Waals surface area contributed by atoms with Gasteiger partial charge in [-0.1, -0.05) is 0 Å². The Bertz CT molecular complexity index is 384. The Morgan fingerprint density at radius 2 is 1.94 bits per heavy atom. The van der Waals surface area contributed by atoms with Crippen LogP contribution in [-0.2, 0) is 4.79 Å². The van der Waals surface area contributed by atoms with Crippen LogP contribution in [-0.4, -0.2) is 35.1 Å². The summed E-state index contributed by atoms with van der Waals surface area (Å²) in [7, 11) is 1.56. The van der Waals surface area contributed by atoms with Crippen molar-refractivity contribution in [3.8, 4) is 5.75 Å². The minimum absolute atomic E-state index is 0.00325. The van der Waals surface area contributed by atoms with E-state index in [2.05, 4.69) is 20.6 Å². The van der Waals surface area contributed by atoms with Gasteiger partial charge in [-0.3, -0.25) is 4.79 Å². The number of nitrogens with one attached hydrogen (secondary N) is 2. The van der Waals surface area contributed by atoms with Gasteiger partial charge in [-0.15, -0.1) is 0 Å². The predicted molar refractivity (Wildman–Crippen MR) is 69.6 cm³/mol. The number of methoxy groups -OCH3 is 1. The Morgan fingerprint density at radius 3 is 2.44 bits per heavy atom. The zero-order chi connectivity index (χ0) is 13.6. The molecule has 6 heteroatoms. The summed E-state index contributed by atoms with van der Waals surface area (Å²) in [5.74, 6) is 1.09. The van der Waals surface area contributed by atoms with E-state index in [1.165, 1.54) is 0 Å². The van der Waals surface area contributed by atoms with Crippen molar-refractivity contribution in [2.24, 2.45) is 0 Å². The molecule has 6 nitrogen and oxygen atoms in total. The van der Waals surface area contributed by atoms with Gasteiger partial charge in [0.05, 0.1) is 19.5 Å². The maximum absolute atomic E-state index is 11.5. The Labute approximate surface area is 107 Å². The van der Waals surface area contributed by atoms with E-state index in [-0.39, 0.29) is 11.4 Å². The molecule has 0 saturated heterocycles. The summed E-state index contributed by atoms with van der Waals surface area (Å²) in [5.41, 5.74) is -0.201. The zero-order valence-electron chi connectivity index (χ0n) is 11.3. The number of carbonyl (C=O) groups is 1. The molecule has 0 aromatic carbocycles. The van der Waals surface area contributed by atoms with E-state index >= 15 is 0 Å². The van der Waals surface area contributed by atoms with Crippen molar-refractivity contribution in [2.45, 2.75) is 32.7 Å². The zero-order valence-corrected chi connectivity index (χ0v) is 11.3. The minimum atomic E-state index is -0.201. The smallest absolute Gasteiger partial charge is 0.222 e. The van der Waals surface area contributed by atoms with E-state index in [0.717, 1.165) is 0 Å². The number of aromatic nitrogens is 2. The second kappa shape index (κ2) is 6.18. The van der Waals surface area contributed by atoms with Gasteiger partial charge >= 0.3 is 0 Å². The number of anilines is 1. The van der Waals surface area contributed by atoms with Crippen molar-refractivity contribution in [1.29, 1.82) is 0 Å². The van der Waals surface area contributed by atoms with Gasteiger partial charge in [-0.2, -0.15) is 0 Å². The Hall–Kier alpha value is -1.85. The van der Waals surface area contributed by atoms with Crippen LogP contribution in [0.5, 0.6) is 5.75 Å². The quantitative estimate of drug-likeness (QED) is 0.823. The molecule has 0 unspecified atom stereocenters. The van der Waals surface area contributed by atoms with Crippen LogP contribution in [0.25, 0.3) is 0 Å². The van der Waals surface area contributed by atoms with Gasteiger partial charge < -0.3 is 15.4 Å². The van der Waals surface area contributed by atoms with Crippen LogP contribution in [0.2, 0.25) is 0 Å². The van der Waals surface area contributed by atoms with E-state index in [0.29, 0.717) is 24.7 Å². The number of hydrogen-bond donors (Lipinski definition) is 2. The van der Waals surface area contributed by atoms with E-state index in [1.54, 1.807) is 19.5 Å². The molecule has 0 radical (unpaired) electrons. The molecule has 2 N–H and O–H groups in total. The minimum Gasteiger partial charge on any atom is -0.494 e. The first-order valence-electron chi connectivity index (χ1n) is 5.81. The summed E-state index contributed by atoms with van der Waals surface area (Å²) in [4.78, 5) is 19.6. The Kier molecular flexibility index (Phi) is 4.88. The lowest BCUT2D eigenvalue weighted by Crippen LogP contribution is -2.41. The first kappa shape index (κ1) is 14.2. The molecule has 1 rings (SSSR count). The molecule has 0 bridgehead atoms. The molecule has 1 heterocycles. The molecule has 1 aromatic heterocycles. The van der Waals surface area contributed by atoms with Crippen LogP contribution < -0.4 is 15.4 Å². The number of ether oxygens (including phenoxy) is 1. The second-order valence-corrected chi connectivity index (χ2v) is 4.92. The van der Waals surface area contributed by atoms with Crippen molar-refractivity contribution in [3.05, 3.63) is 12.4 Å². The van der Waals surface area contributed by atoms with E-state index in [4.69, 9.17) is 4.74 Å². The normalized spacial score (nSPS) is 10.9. The summed E-state index contributed by atoms with van der Waals surface area (Å²) >= 11 is 0. The van der Waals surface area contributed by atoms with Crippen LogP contribution in [0.15, 0.2) is 12.4 Å². The molecule has 18 heavy (non-hydrogen) atoms. The number of nitrogens with zero attached hydrogens (tertiary/aromatic N) is 2. The van der Waals surface area contributed by atoms with Gasteiger partial charge in [0.15, 0.2) is 5.75 Å². The molecule has 0 fully saturated rings. The second-order valence-electron chi connectivity index (χ2n) is 4.92. The standard InChI is InChI=1S/C12H20N4O2/c1-12(2,3)16-10(17)5-6-13-11-14-7-9(18-4)8-15-11/h7-8H,5-6H2,1-4H3,(H,16,17)(H,13,14,15). The maximum atomic E-state index is 11.5. The first-order valence-corrected chi connectivity index (χ1v) is 5.81. The number of hydrogen-bond acceptors (Lipinski definition) is 5. The molecule has 0 saturated carbocycles. The highest BCUT2D eigenvalue weighted by atomic mass is 16.5. The molecule has 1 amide bonds. The molecule has 0 spiro atoms. The fraction of sp³-hybridized carbons (Fsp3) is 0.583. The van der Waals surface area contributed by atoms with Gasteiger partial charge in [-0.05, 0) is 20.8 Å². The summed E-state index contributed by atoms with van der Waals surface area (Å²) in [6.45, 7) is 6.34. The predicted octanol–water partition coefficient (Wildman–Crippen LogP) is 1.20. The van der Waals surface area contributed by atoms with Crippen LogP contribution in [0, 0.1) is 0 Å². The lowest BCUT2D eigenvalue weighted by Gasteiger charge is -2.20. The molecule has 0 aliphatic rings. The third kappa shape index (κ3) is 5.47. The van der Waals surface area contributed by atoms with Gasteiger partial charge in [0.25, 0.3) is 0 Å². The highest BCUT2D eigenvalue weighted by molar-refractivity contribution is 5.77. The molecule has 0 atom stereocenters. The topological polar surface area (TPSA) is 76.1 Å². The molecule has 0 aliphatic carbocycles. The monoisotopic (exact) mass is 252 g/mol. The van der Waals surface area contributed by atoms with Crippen LogP contribution in [0.3, 0.4) is 0 Å². The largest absolute Gasteiger partial charge is 0.494 e. The van der Waals surface area contributed by atoms with E-state index in [1.807, 2.05) is 20.8 Å². The molecular formula is C12H20N4O2. The average Bonchev–Trinajstić information content (AvgIpc) is 2.27. The van der Waals surface area contributed by atoms with Crippen molar-refractivity contribution >= 4 is 11.9 Å². The summed E-state index contributed by atoms with van der Waals surface area (Å²) in [6.07, 6.45) is 3.53. The van der Waals surface area contributed by atoms with Gasteiger partial charge in [0, 0.05) is 18.5 Å². The van der Waals surface area contributed by atoms with Crippen LogP contribution >= 0.6 is 0 Å². The molecule has 1 aromatic rings. The lowest BCUT2D eigenvalue weighted by molar-refractivity contribution is -0.122. The number of carbonyl (C=O) groups excluding carboxylic acids is 1. The summed E-state index contributed by atoms with van der Waals surface area (Å²) in [5, 5.41) is 5.86. The van der Waals surface area contributed by atoms with Crippen LogP contribution in [0.4, 0.5) is 5.95 Å². The van der Waals surface area contributed by atoms with Crippen LogP contribution in [0.1, 0.15) is 27.2 Å². The van der Waals surface area contributed by atoms with Gasteiger partial charge in [0.1, 0.15) is 0 Å². The molecule has 0 aliphatic heterocycles.